The van der Waals surface area contributed by atoms with Crippen LogP contribution >= 0.6 is 0 Å². The van der Waals surface area contributed by atoms with Gasteiger partial charge in [-0.2, -0.15) is 0 Å². The first-order chi connectivity index (χ1) is 20.1. The third kappa shape index (κ3) is 5.56. The van der Waals surface area contributed by atoms with Gasteiger partial charge in [0.2, 0.25) is 0 Å². The van der Waals surface area contributed by atoms with E-state index in [4.69, 9.17) is 14.2 Å². The first-order valence-corrected chi connectivity index (χ1v) is 13.5. The van der Waals surface area contributed by atoms with Gasteiger partial charge in [0.1, 0.15) is 23.6 Å². The van der Waals surface area contributed by atoms with E-state index in [1.165, 1.54) is 7.11 Å². The van der Waals surface area contributed by atoms with E-state index in [1.54, 1.807) is 66.5 Å². The summed E-state index contributed by atoms with van der Waals surface area (Å²) in [6, 6.07) is 24.7. The second-order valence-corrected chi connectivity index (χ2v) is 10.7. The summed E-state index contributed by atoms with van der Waals surface area (Å²) >= 11 is 0. The molecule has 8 nitrogen and oxygen atoms in total. The molecule has 0 aromatic heterocycles. The number of hydrogen-bond donors (Lipinski definition) is 1. The van der Waals surface area contributed by atoms with Crippen LogP contribution in [0.5, 0.6) is 11.5 Å². The van der Waals surface area contributed by atoms with Crippen LogP contribution < -0.4 is 19.7 Å². The largest absolute Gasteiger partial charge is 0.496 e. The number of methoxy groups -OCH3 is 1. The standard InChI is InChI=1S/C34H32N2O6/c1-21-11-13-23(14-12-21)31(37)41-20-27-25(17-18-28-30(27)36(4)33(39)34(2,3)35-28)26-16-15-24(19-29(26)40-5)42-32(38)22-9-7-6-8-10-22/h6-19,35H,20H2,1-5H3. The SMILES string of the molecule is COc1cc(OC(=O)c2ccccc2)ccc1-c1ccc2c(c1COC(=O)c1ccc(C)cc1)N(C)C(=O)C(C)(C)N2. The van der Waals surface area contributed by atoms with Crippen LogP contribution in [0.15, 0.2) is 84.9 Å². The number of aryl methyl sites for hydroxylation is 1. The van der Waals surface area contributed by atoms with Gasteiger partial charge in [-0.1, -0.05) is 42.0 Å². The Balaban J connectivity index is 1.54. The number of carbonyl (C=O) groups is 3. The third-order valence-corrected chi connectivity index (χ3v) is 7.22. The molecule has 4 aromatic carbocycles. The van der Waals surface area contributed by atoms with E-state index < -0.39 is 17.5 Å². The maximum Gasteiger partial charge on any atom is 0.343 e. The van der Waals surface area contributed by atoms with Gasteiger partial charge in [0.15, 0.2) is 0 Å². The molecule has 0 saturated heterocycles. The van der Waals surface area contributed by atoms with Gasteiger partial charge in [-0.05, 0) is 68.8 Å². The number of ether oxygens (including phenoxy) is 3. The number of likely N-dealkylation sites (N-methyl/N-ethyl adjacent to an activating group) is 1. The van der Waals surface area contributed by atoms with Gasteiger partial charge in [0, 0.05) is 24.2 Å². The number of fused-ring (bicyclic) bond motifs is 1. The minimum atomic E-state index is -0.818. The molecule has 1 aliphatic heterocycles. The molecule has 0 aliphatic carbocycles. The molecule has 214 valence electrons. The number of nitrogens with zero attached hydrogens (tertiary/aromatic N) is 1. The molecule has 0 unspecified atom stereocenters. The third-order valence-electron chi connectivity index (χ3n) is 7.22. The fraction of sp³-hybridized carbons (Fsp3) is 0.206. The predicted molar refractivity (Wildman–Crippen MR) is 161 cm³/mol. The van der Waals surface area contributed by atoms with Crippen molar-refractivity contribution in [3.05, 3.63) is 107 Å². The lowest BCUT2D eigenvalue weighted by molar-refractivity contribution is -0.121. The van der Waals surface area contributed by atoms with Crippen LogP contribution in [0.1, 0.15) is 45.7 Å². The van der Waals surface area contributed by atoms with Gasteiger partial charge >= 0.3 is 11.9 Å². The number of nitrogens with one attached hydrogen (secondary N) is 1. The van der Waals surface area contributed by atoms with Crippen molar-refractivity contribution in [2.75, 3.05) is 24.4 Å². The smallest absolute Gasteiger partial charge is 0.343 e. The molecule has 5 rings (SSSR count). The van der Waals surface area contributed by atoms with Crippen molar-refractivity contribution in [2.45, 2.75) is 32.9 Å². The average Bonchev–Trinajstić information content (AvgIpc) is 2.99. The number of carbonyl (C=O) groups excluding carboxylic acids is 3. The fourth-order valence-corrected chi connectivity index (χ4v) is 5.04. The van der Waals surface area contributed by atoms with E-state index in [9.17, 15) is 14.4 Å². The van der Waals surface area contributed by atoms with Gasteiger partial charge in [0.25, 0.3) is 5.91 Å². The number of hydrogen-bond acceptors (Lipinski definition) is 7. The van der Waals surface area contributed by atoms with E-state index in [1.807, 2.05) is 51.1 Å². The Morgan fingerprint density at radius 2 is 1.52 bits per heavy atom. The van der Waals surface area contributed by atoms with Crippen molar-refractivity contribution >= 4 is 29.2 Å². The van der Waals surface area contributed by atoms with Crippen molar-refractivity contribution in [2.24, 2.45) is 0 Å². The summed E-state index contributed by atoms with van der Waals surface area (Å²) in [5.41, 5.74) is 4.41. The van der Waals surface area contributed by atoms with Gasteiger partial charge in [-0.3, -0.25) is 4.79 Å². The second kappa shape index (κ2) is 11.4. The minimum absolute atomic E-state index is 0.0984. The number of amides is 1. The number of rotatable bonds is 7. The maximum absolute atomic E-state index is 13.3. The summed E-state index contributed by atoms with van der Waals surface area (Å²) in [5.74, 6) is -0.347. The van der Waals surface area contributed by atoms with E-state index in [0.29, 0.717) is 45.0 Å². The molecule has 0 radical (unpaired) electrons. The Morgan fingerprint density at radius 1 is 0.857 bits per heavy atom. The highest BCUT2D eigenvalue weighted by molar-refractivity contribution is 6.09. The molecular weight excluding hydrogens is 532 g/mol. The number of benzene rings is 4. The average molecular weight is 565 g/mol. The van der Waals surface area contributed by atoms with Crippen LogP contribution in [0.2, 0.25) is 0 Å². The van der Waals surface area contributed by atoms with Crippen LogP contribution in [0.3, 0.4) is 0 Å². The van der Waals surface area contributed by atoms with Gasteiger partial charge in [-0.15, -0.1) is 0 Å². The molecule has 0 saturated carbocycles. The zero-order valence-electron chi connectivity index (χ0n) is 24.2. The van der Waals surface area contributed by atoms with Gasteiger partial charge in [-0.25, -0.2) is 9.59 Å². The van der Waals surface area contributed by atoms with Crippen LogP contribution in [-0.4, -0.2) is 37.5 Å². The minimum Gasteiger partial charge on any atom is -0.496 e. The molecule has 0 bridgehead atoms. The number of esters is 2. The normalized spacial score (nSPS) is 13.5. The molecule has 0 spiro atoms. The summed E-state index contributed by atoms with van der Waals surface area (Å²) in [7, 11) is 3.24. The first-order valence-electron chi connectivity index (χ1n) is 13.5. The highest BCUT2D eigenvalue weighted by Crippen LogP contribution is 2.45. The fourth-order valence-electron chi connectivity index (χ4n) is 5.04. The van der Waals surface area contributed by atoms with E-state index in [2.05, 4.69) is 5.32 Å². The lowest BCUT2D eigenvalue weighted by atomic mass is 9.91. The molecular formula is C34H32N2O6. The quantitative estimate of drug-likeness (QED) is 0.205. The van der Waals surface area contributed by atoms with Crippen molar-refractivity contribution in [3.63, 3.8) is 0 Å². The van der Waals surface area contributed by atoms with Crippen molar-refractivity contribution in [3.8, 4) is 22.6 Å². The molecule has 1 aliphatic rings. The summed E-state index contributed by atoms with van der Waals surface area (Å²) in [6.45, 7) is 5.48. The lowest BCUT2D eigenvalue weighted by Gasteiger charge is -2.39. The summed E-state index contributed by atoms with van der Waals surface area (Å²) < 4.78 is 17.1. The Morgan fingerprint density at radius 3 is 2.21 bits per heavy atom. The van der Waals surface area contributed by atoms with E-state index in [0.717, 1.165) is 11.3 Å². The summed E-state index contributed by atoms with van der Waals surface area (Å²) in [5, 5.41) is 3.32. The lowest BCUT2D eigenvalue weighted by Crippen LogP contribution is -2.52. The van der Waals surface area contributed by atoms with E-state index >= 15 is 0 Å². The molecule has 0 atom stereocenters. The van der Waals surface area contributed by atoms with Crippen molar-refractivity contribution in [1.29, 1.82) is 0 Å². The molecule has 1 N–H and O–H groups in total. The summed E-state index contributed by atoms with van der Waals surface area (Å²) in [6.07, 6.45) is 0. The van der Waals surface area contributed by atoms with Crippen LogP contribution in [-0.2, 0) is 16.1 Å². The molecule has 8 heteroatoms. The summed E-state index contributed by atoms with van der Waals surface area (Å²) in [4.78, 5) is 40.5. The Labute approximate surface area is 244 Å². The highest BCUT2D eigenvalue weighted by Gasteiger charge is 2.39. The molecule has 1 heterocycles. The Bertz CT molecular complexity index is 1660. The first kappa shape index (κ1) is 28.4. The van der Waals surface area contributed by atoms with Crippen molar-refractivity contribution in [1.82, 2.24) is 0 Å². The van der Waals surface area contributed by atoms with E-state index in [-0.39, 0.29) is 12.5 Å². The topological polar surface area (TPSA) is 94.2 Å². The molecule has 0 fully saturated rings. The monoisotopic (exact) mass is 564 g/mol. The molecule has 1 amide bonds. The Hall–Kier alpha value is -5.11. The van der Waals surface area contributed by atoms with Crippen molar-refractivity contribution < 1.29 is 28.6 Å². The second-order valence-electron chi connectivity index (χ2n) is 10.7. The van der Waals surface area contributed by atoms with Gasteiger partial charge in [0.05, 0.1) is 29.6 Å². The predicted octanol–water partition coefficient (Wildman–Crippen LogP) is 6.41. The molecule has 4 aromatic rings. The zero-order chi connectivity index (χ0) is 30.0. The highest BCUT2D eigenvalue weighted by atomic mass is 16.5. The van der Waals surface area contributed by atoms with Crippen LogP contribution in [0.25, 0.3) is 11.1 Å². The van der Waals surface area contributed by atoms with Gasteiger partial charge < -0.3 is 24.4 Å². The zero-order valence-corrected chi connectivity index (χ0v) is 24.2. The van der Waals surface area contributed by atoms with Crippen LogP contribution in [0.4, 0.5) is 11.4 Å². The number of anilines is 2. The molecule has 42 heavy (non-hydrogen) atoms. The Kier molecular flexibility index (Phi) is 7.72. The maximum atomic E-state index is 13.3. The van der Waals surface area contributed by atoms with Crippen LogP contribution in [0, 0.1) is 6.92 Å².